The van der Waals surface area contributed by atoms with Crippen LogP contribution in [0.15, 0.2) is 42.7 Å². The van der Waals surface area contributed by atoms with E-state index in [4.69, 9.17) is 5.73 Å². The van der Waals surface area contributed by atoms with Crippen LogP contribution in [0, 0.1) is 0 Å². The molecule has 0 amide bonds. The molecule has 1 aromatic carbocycles. The number of nitrogens with zero attached hydrogens (tertiary/aromatic N) is 3. The van der Waals surface area contributed by atoms with Crippen molar-refractivity contribution in [2.75, 3.05) is 11.1 Å². The van der Waals surface area contributed by atoms with E-state index in [1.54, 1.807) is 6.20 Å². The largest absolute Gasteiger partial charge is 0.368 e. The summed E-state index contributed by atoms with van der Waals surface area (Å²) in [5, 5.41) is 11.9. The molecule has 0 saturated heterocycles. The van der Waals surface area contributed by atoms with E-state index in [2.05, 4.69) is 54.7 Å². The van der Waals surface area contributed by atoms with Gasteiger partial charge in [-0.15, -0.1) is 0 Å². The normalized spacial score (nSPS) is 14.0. The lowest BCUT2D eigenvalue weighted by molar-refractivity contribution is 0.965. The van der Waals surface area contributed by atoms with Gasteiger partial charge >= 0.3 is 0 Å². The molecule has 7 heteroatoms. The third-order valence-corrected chi connectivity index (χ3v) is 4.81. The Kier molecular flexibility index (Phi) is 3.38. The molecule has 0 atom stereocenters. The lowest BCUT2D eigenvalue weighted by Gasteiger charge is -2.10. The fourth-order valence-corrected chi connectivity index (χ4v) is 3.29. The predicted octanol–water partition coefficient (Wildman–Crippen LogP) is 3.48. The van der Waals surface area contributed by atoms with Gasteiger partial charge in [-0.1, -0.05) is 12.1 Å². The third-order valence-electron chi connectivity index (χ3n) is 4.81. The highest BCUT2D eigenvalue weighted by molar-refractivity contribution is 5.83. The minimum absolute atomic E-state index is 0.244. The summed E-state index contributed by atoms with van der Waals surface area (Å²) in [6.45, 7) is 0. The molecule has 1 aliphatic rings. The number of nitrogens with two attached hydrogens (primary N) is 1. The lowest BCUT2D eigenvalue weighted by atomic mass is 10.0. The summed E-state index contributed by atoms with van der Waals surface area (Å²) < 4.78 is 0. The van der Waals surface area contributed by atoms with E-state index in [0.29, 0.717) is 18.2 Å². The first kappa shape index (κ1) is 14.9. The van der Waals surface area contributed by atoms with Crippen molar-refractivity contribution in [2.24, 2.45) is 0 Å². The highest BCUT2D eigenvalue weighted by atomic mass is 15.2. The number of aromatic nitrogens is 5. The molecule has 7 nitrogen and oxygen atoms in total. The van der Waals surface area contributed by atoms with Gasteiger partial charge in [0, 0.05) is 53.0 Å². The lowest BCUT2D eigenvalue weighted by Crippen LogP contribution is -2.05. The van der Waals surface area contributed by atoms with Gasteiger partial charge in [0.15, 0.2) is 5.82 Å². The SMILES string of the molecule is Nc1ncc(Cc2cccc3[nH]ccc23)c(Nc2cc(C3CC3)[nH]n2)n1. The molecular weight excluding hydrogens is 326 g/mol. The summed E-state index contributed by atoms with van der Waals surface area (Å²) in [5.74, 6) is 2.32. The van der Waals surface area contributed by atoms with E-state index < -0.39 is 0 Å². The number of nitrogens with one attached hydrogen (secondary N) is 3. The average Bonchev–Trinajstić information content (AvgIpc) is 3.18. The van der Waals surface area contributed by atoms with Crippen LogP contribution in [0.4, 0.5) is 17.6 Å². The number of aromatic amines is 2. The zero-order chi connectivity index (χ0) is 17.5. The van der Waals surface area contributed by atoms with Crippen molar-refractivity contribution in [3.63, 3.8) is 0 Å². The standard InChI is InChI=1S/C19H19N7/c20-19-22-10-13(8-12-2-1-3-15-14(12)6-7-21-15)18(24-19)23-17-9-16(25-26-17)11-4-5-11/h1-3,6-7,9-11,21H,4-5,8H2,(H4,20,22,23,24,25,26). The quantitative estimate of drug-likeness (QED) is 0.443. The Bertz CT molecular complexity index is 1070. The Hall–Kier alpha value is -3.35. The van der Waals surface area contributed by atoms with Crippen molar-refractivity contribution in [3.8, 4) is 0 Å². The molecule has 1 saturated carbocycles. The first-order valence-electron chi connectivity index (χ1n) is 8.75. The number of nitrogen functional groups attached to an aromatic ring is 1. The molecular formula is C19H19N7. The van der Waals surface area contributed by atoms with Gasteiger partial charge in [0.2, 0.25) is 5.95 Å². The number of hydrogen-bond donors (Lipinski definition) is 4. The maximum absolute atomic E-state index is 5.82. The fraction of sp³-hybridized carbons (Fsp3) is 0.211. The average molecular weight is 345 g/mol. The maximum atomic E-state index is 5.82. The van der Waals surface area contributed by atoms with Crippen LogP contribution in [0.25, 0.3) is 10.9 Å². The van der Waals surface area contributed by atoms with Crippen LogP contribution < -0.4 is 11.1 Å². The smallest absolute Gasteiger partial charge is 0.221 e. The summed E-state index contributed by atoms with van der Waals surface area (Å²) in [5.41, 5.74) is 10.3. The Morgan fingerprint density at radius 3 is 3.00 bits per heavy atom. The highest BCUT2D eigenvalue weighted by Crippen LogP contribution is 2.39. The molecule has 5 N–H and O–H groups in total. The maximum Gasteiger partial charge on any atom is 0.221 e. The zero-order valence-corrected chi connectivity index (χ0v) is 14.2. The minimum atomic E-state index is 0.244. The summed E-state index contributed by atoms with van der Waals surface area (Å²) >= 11 is 0. The van der Waals surface area contributed by atoms with Gasteiger partial charge in [-0.2, -0.15) is 10.1 Å². The van der Waals surface area contributed by atoms with E-state index in [9.17, 15) is 0 Å². The molecule has 3 aromatic heterocycles. The molecule has 130 valence electrons. The second-order valence-electron chi connectivity index (χ2n) is 6.74. The first-order chi connectivity index (χ1) is 12.8. The second kappa shape index (κ2) is 5.87. The fourth-order valence-electron chi connectivity index (χ4n) is 3.29. The van der Waals surface area contributed by atoms with Gasteiger partial charge in [-0.05, 0) is 30.5 Å². The molecule has 0 unspecified atom stereocenters. The van der Waals surface area contributed by atoms with E-state index in [-0.39, 0.29) is 5.95 Å². The van der Waals surface area contributed by atoms with Gasteiger partial charge in [0.25, 0.3) is 0 Å². The Morgan fingerprint density at radius 2 is 2.12 bits per heavy atom. The Morgan fingerprint density at radius 1 is 1.19 bits per heavy atom. The van der Waals surface area contributed by atoms with Crippen LogP contribution in [-0.4, -0.2) is 25.1 Å². The van der Waals surface area contributed by atoms with Crippen molar-refractivity contribution < 1.29 is 0 Å². The summed E-state index contributed by atoms with van der Waals surface area (Å²) in [4.78, 5) is 11.8. The van der Waals surface area contributed by atoms with Crippen LogP contribution in [0.5, 0.6) is 0 Å². The predicted molar refractivity (Wildman–Crippen MR) is 101 cm³/mol. The van der Waals surface area contributed by atoms with Gasteiger partial charge in [-0.25, -0.2) is 4.98 Å². The van der Waals surface area contributed by atoms with Crippen LogP contribution in [0.3, 0.4) is 0 Å². The topological polar surface area (TPSA) is 108 Å². The monoisotopic (exact) mass is 345 g/mol. The van der Waals surface area contributed by atoms with Gasteiger partial charge in [-0.3, -0.25) is 5.10 Å². The van der Waals surface area contributed by atoms with Crippen LogP contribution in [0.1, 0.15) is 35.6 Å². The van der Waals surface area contributed by atoms with E-state index >= 15 is 0 Å². The third kappa shape index (κ3) is 2.77. The van der Waals surface area contributed by atoms with E-state index in [1.807, 2.05) is 12.3 Å². The molecule has 0 bridgehead atoms. The second-order valence-corrected chi connectivity index (χ2v) is 6.74. The van der Waals surface area contributed by atoms with Crippen LogP contribution in [0.2, 0.25) is 0 Å². The molecule has 1 aliphatic carbocycles. The number of rotatable bonds is 5. The molecule has 1 fully saturated rings. The van der Waals surface area contributed by atoms with Crippen LogP contribution in [-0.2, 0) is 6.42 Å². The molecule has 0 spiro atoms. The molecule has 3 heterocycles. The number of anilines is 3. The summed E-state index contributed by atoms with van der Waals surface area (Å²) in [6, 6.07) is 10.4. The van der Waals surface area contributed by atoms with Gasteiger partial charge < -0.3 is 16.0 Å². The summed E-state index contributed by atoms with van der Waals surface area (Å²) in [6.07, 6.45) is 6.90. The Labute approximate surface area is 150 Å². The first-order valence-corrected chi connectivity index (χ1v) is 8.75. The van der Waals surface area contributed by atoms with Gasteiger partial charge in [0.1, 0.15) is 5.82 Å². The number of fused-ring (bicyclic) bond motifs is 1. The number of benzene rings is 1. The Balaban J connectivity index is 1.47. The van der Waals surface area contributed by atoms with Gasteiger partial charge in [0.05, 0.1) is 0 Å². The molecule has 26 heavy (non-hydrogen) atoms. The highest BCUT2D eigenvalue weighted by Gasteiger charge is 2.25. The minimum Gasteiger partial charge on any atom is -0.368 e. The molecule has 5 rings (SSSR count). The van der Waals surface area contributed by atoms with Crippen molar-refractivity contribution in [1.82, 2.24) is 25.1 Å². The zero-order valence-electron chi connectivity index (χ0n) is 14.2. The number of H-pyrrole nitrogens is 2. The summed E-state index contributed by atoms with van der Waals surface area (Å²) in [7, 11) is 0. The van der Waals surface area contributed by atoms with E-state index in [0.717, 1.165) is 16.9 Å². The van der Waals surface area contributed by atoms with Crippen molar-refractivity contribution in [1.29, 1.82) is 0 Å². The van der Waals surface area contributed by atoms with Crippen molar-refractivity contribution in [2.45, 2.75) is 25.2 Å². The van der Waals surface area contributed by atoms with Crippen molar-refractivity contribution >= 4 is 28.5 Å². The molecule has 0 aliphatic heterocycles. The number of hydrogen-bond acceptors (Lipinski definition) is 5. The molecule has 4 aromatic rings. The van der Waals surface area contributed by atoms with E-state index in [1.165, 1.54) is 29.5 Å². The van der Waals surface area contributed by atoms with Crippen LogP contribution >= 0.6 is 0 Å². The van der Waals surface area contributed by atoms with Crippen molar-refractivity contribution in [3.05, 3.63) is 59.5 Å². The molecule has 0 radical (unpaired) electrons.